The van der Waals surface area contributed by atoms with E-state index in [1.807, 2.05) is 31.2 Å². The molecule has 3 atom stereocenters. The topological polar surface area (TPSA) is 51.2 Å². The minimum atomic E-state index is -0.510. The first-order chi connectivity index (χ1) is 10.6. The first-order valence-corrected chi connectivity index (χ1v) is 7.98. The molecule has 1 fully saturated rings. The molecule has 5 nitrogen and oxygen atoms in total. The highest BCUT2D eigenvalue weighted by Crippen LogP contribution is 2.18. The van der Waals surface area contributed by atoms with Crippen molar-refractivity contribution in [2.75, 3.05) is 32.8 Å². The van der Waals surface area contributed by atoms with Crippen LogP contribution in [0.3, 0.4) is 0 Å². The van der Waals surface area contributed by atoms with Crippen molar-refractivity contribution in [2.24, 2.45) is 0 Å². The average molecular weight is 309 g/mol. The summed E-state index contributed by atoms with van der Waals surface area (Å²) in [4.78, 5) is 2.23. The molecule has 0 saturated carbocycles. The predicted octanol–water partition coefficient (Wildman–Crippen LogP) is 1.93. The largest absolute Gasteiger partial charge is 0.494 e. The third-order valence-corrected chi connectivity index (χ3v) is 3.54. The summed E-state index contributed by atoms with van der Waals surface area (Å²) in [6.07, 6.45) is -0.0879. The molecule has 1 N–H and O–H groups in total. The Bertz CT molecular complexity index is 427. The van der Waals surface area contributed by atoms with Crippen LogP contribution in [0.15, 0.2) is 24.3 Å². The van der Waals surface area contributed by atoms with Crippen LogP contribution in [-0.2, 0) is 4.74 Å². The maximum atomic E-state index is 10.1. The number of hydrogen-bond donors (Lipinski definition) is 1. The van der Waals surface area contributed by atoms with Crippen molar-refractivity contribution in [2.45, 2.75) is 39.1 Å². The van der Waals surface area contributed by atoms with Crippen LogP contribution >= 0.6 is 0 Å². The van der Waals surface area contributed by atoms with Gasteiger partial charge in [-0.25, -0.2) is 0 Å². The highest BCUT2D eigenvalue weighted by molar-refractivity contribution is 5.31. The number of hydrogen-bond acceptors (Lipinski definition) is 5. The molecule has 1 aromatic carbocycles. The van der Waals surface area contributed by atoms with Crippen molar-refractivity contribution >= 4 is 0 Å². The van der Waals surface area contributed by atoms with Gasteiger partial charge < -0.3 is 19.3 Å². The van der Waals surface area contributed by atoms with Crippen LogP contribution in [0.5, 0.6) is 11.5 Å². The van der Waals surface area contributed by atoms with E-state index in [2.05, 4.69) is 18.7 Å². The summed E-state index contributed by atoms with van der Waals surface area (Å²) in [6.45, 7) is 9.32. The predicted molar refractivity (Wildman–Crippen MR) is 85.6 cm³/mol. The first kappa shape index (κ1) is 17.1. The number of aliphatic hydroxyl groups excluding tert-OH is 1. The average Bonchev–Trinajstić information content (AvgIpc) is 2.46. The molecule has 5 heteroatoms. The zero-order valence-electron chi connectivity index (χ0n) is 13.7. The van der Waals surface area contributed by atoms with Crippen LogP contribution in [0.4, 0.5) is 0 Å². The van der Waals surface area contributed by atoms with Crippen molar-refractivity contribution in [1.29, 1.82) is 0 Å². The molecular weight excluding hydrogens is 282 g/mol. The molecule has 1 aromatic rings. The number of morpholine rings is 1. The van der Waals surface area contributed by atoms with Gasteiger partial charge in [-0.2, -0.15) is 0 Å². The van der Waals surface area contributed by atoms with Gasteiger partial charge in [0.15, 0.2) is 0 Å². The fourth-order valence-corrected chi connectivity index (χ4v) is 2.78. The van der Waals surface area contributed by atoms with E-state index in [1.165, 1.54) is 0 Å². The SMILES string of the molecule is CCOc1ccc(OC[C@H](O)CN2C[C@@H](C)O[C@H](C)C2)cc1. The second-order valence-corrected chi connectivity index (χ2v) is 5.85. The number of β-amino-alcohol motifs (C(OH)–C–C–N with tert-alkyl or cyclic N) is 1. The Morgan fingerprint density at radius 2 is 1.68 bits per heavy atom. The Balaban J connectivity index is 1.73. The summed E-state index contributed by atoms with van der Waals surface area (Å²) in [5, 5.41) is 10.1. The second-order valence-electron chi connectivity index (χ2n) is 5.85. The van der Waals surface area contributed by atoms with Crippen LogP contribution in [0, 0.1) is 0 Å². The van der Waals surface area contributed by atoms with E-state index in [0.29, 0.717) is 13.2 Å². The van der Waals surface area contributed by atoms with E-state index in [4.69, 9.17) is 14.2 Å². The Hall–Kier alpha value is -1.30. The van der Waals surface area contributed by atoms with E-state index in [-0.39, 0.29) is 18.8 Å². The standard InChI is InChI=1S/C17H27NO4/c1-4-20-16-5-7-17(8-6-16)21-12-15(19)11-18-9-13(2)22-14(3)10-18/h5-8,13-15,19H,4,9-12H2,1-3H3/t13-,14-,15-/m1/s1. The third kappa shape index (κ3) is 5.48. The second kappa shape index (κ2) is 8.36. The Kier molecular flexibility index (Phi) is 6.49. The van der Waals surface area contributed by atoms with Crippen LogP contribution in [0.2, 0.25) is 0 Å². The molecule has 0 aliphatic carbocycles. The Morgan fingerprint density at radius 3 is 2.23 bits per heavy atom. The van der Waals surface area contributed by atoms with Crippen molar-refractivity contribution in [3.05, 3.63) is 24.3 Å². The molecule has 0 bridgehead atoms. The normalized spacial score (nSPS) is 24.0. The summed E-state index contributed by atoms with van der Waals surface area (Å²) in [5.41, 5.74) is 0. The summed E-state index contributed by atoms with van der Waals surface area (Å²) in [7, 11) is 0. The van der Waals surface area contributed by atoms with Crippen LogP contribution in [0.1, 0.15) is 20.8 Å². The van der Waals surface area contributed by atoms with Gasteiger partial charge in [-0.1, -0.05) is 0 Å². The number of rotatable bonds is 7. The molecular formula is C17H27NO4. The lowest BCUT2D eigenvalue weighted by atomic mass is 10.2. The Labute approximate surface area is 132 Å². The van der Waals surface area contributed by atoms with Gasteiger partial charge in [-0.3, -0.25) is 4.90 Å². The van der Waals surface area contributed by atoms with E-state index >= 15 is 0 Å². The lowest BCUT2D eigenvalue weighted by Gasteiger charge is -2.36. The van der Waals surface area contributed by atoms with Crippen molar-refractivity contribution in [3.8, 4) is 11.5 Å². The maximum Gasteiger partial charge on any atom is 0.119 e. The smallest absolute Gasteiger partial charge is 0.119 e. The third-order valence-electron chi connectivity index (χ3n) is 3.54. The monoisotopic (exact) mass is 309 g/mol. The fourth-order valence-electron chi connectivity index (χ4n) is 2.78. The van der Waals surface area contributed by atoms with E-state index in [1.54, 1.807) is 0 Å². The molecule has 0 unspecified atom stereocenters. The minimum Gasteiger partial charge on any atom is -0.494 e. The highest BCUT2D eigenvalue weighted by atomic mass is 16.5. The van der Waals surface area contributed by atoms with Gasteiger partial charge in [0.25, 0.3) is 0 Å². The van der Waals surface area contributed by atoms with E-state index < -0.39 is 6.10 Å². The number of nitrogens with zero attached hydrogens (tertiary/aromatic N) is 1. The van der Waals surface area contributed by atoms with Gasteiger partial charge in [0.05, 0.1) is 18.8 Å². The van der Waals surface area contributed by atoms with Crippen molar-refractivity contribution in [3.63, 3.8) is 0 Å². The minimum absolute atomic E-state index is 0.211. The van der Waals surface area contributed by atoms with Crippen LogP contribution < -0.4 is 9.47 Å². The fraction of sp³-hybridized carbons (Fsp3) is 0.647. The molecule has 0 spiro atoms. The van der Waals surface area contributed by atoms with E-state index in [0.717, 1.165) is 24.6 Å². The van der Waals surface area contributed by atoms with Gasteiger partial charge in [-0.05, 0) is 45.0 Å². The Morgan fingerprint density at radius 1 is 1.14 bits per heavy atom. The maximum absolute atomic E-state index is 10.1. The molecule has 0 amide bonds. The number of aliphatic hydroxyl groups is 1. The zero-order chi connectivity index (χ0) is 15.9. The summed E-state index contributed by atoms with van der Waals surface area (Å²) >= 11 is 0. The van der Waals surface area contributed by atoms with Gasteiger partial charge in [0.1, 0.15) is 24.2 Å². The molecule has 1 aliphatic heterocycles. The molecule has 1 heterocycles. The molecule has 0 radical (unpaired) electrons. The van der Waals surface area contributed by atoms with Crippen LogP contribution in [0.25, 0.3) is 0 Å². The highest BCUT2D eigenvalue weighted by Gasteiger charge is 2.23. The van der Waals surface area contributed by atoms with Crippen molar-refractivity contribution < 1.29 is 19.3 Å². The number of benzene rings is 1. The molecule has 1 saturated heterocycles. The van der Waals surface area contributed by atoms with E-state index in [9.17, 15) is 5.11 Å². The van der Waals surface area contributed by atoms with Gasteiger partial charge >= 0.3 is 0 Å². The molecule has 2 rings (SSSR count). The number of ether oxygens (including phenoxy) is 3. The summed E-state index contributed by atoms with van der Waals surface area (Å²) in [6, 6.07) is 7.46. The zero-order valence-corrected chi connectivity index (χ0v) is 13.7. The lowest BCUT2D eigenvalue weighted by molar-refractivity contribution is -0.0786. The summed E-state index contributed by atoms with van der Waals surface area (Å²) < 4.78 is 16.7. The molecule has 22 heavy (non-hydrogen) atoms. The van der Waals surface area contributed by atoms with Gasteiger partial charge in [-0.15, -0.1) is 0 Å². The van der Waals surface area contributed by atoms with Gasteiger partial charge in [0, 0.05) is 19.6 Å². The first-order valence-electron chi connectivity index (χ1n) is 7.98. The van der Waals surface area contributed by atoms with Gasteiger partial charge in [0.2, 0.25) is 0 Å². The molecule has 124 valence electrons. The molecule has 1 aliphatic rings. The van der Waals surface area contributed by atoms with Crippen LogP contribution in [-0.4, -0.2) is 61.2 Å². The van der Waals surface area contributed by atoms with Crippen molar-refractivity contribution in [1.82, 2.24) is 4.90 Å². The summed E-state index contributed by atoms with van der Waals surface area (Å²) in [5.74, 6) is 1.57. The lowest BCUT2D eigenvalue weighted by Crippen LogP contribution is -2.48. The molecule has 0 aromatic heterocycles. The quantitative estimate of drug-likeness (QED) is 0.834.